The Morgan fingerprint density at radius 3 is 2.45 bits per heavy atom. The second-order valence-electron chi connectivity index (χ2n) is 8.41. The fourth-order valence-corrected chi connectivity index (χ4v) is 4.06. The predicted octanol–water partition coefficient (Wildman–Crippen LogP) is 4.91. The zero-order valence-corrected chi connectivity index (χ0v) is 20.3. The minimum Gasteiger partial charge on any atom is -0.497 e. The monoisotopic (exact) mass is 462 g/mol. The number of methoxy groups -OCH3 is 1. The average Bonchev–Trinajstić information content (AvgIpc) is 2.70. The Hall–Kier alpha value is -2.18. The third-order valence-corrected chi connectivity index (χ3v) is 5.76. The van der Waals surface area contributed by atoms with Gasteiger partial charge in [-0.3, -0.25) is 9.59 Å². The highest BCUT2D eigenvalue weighted by Crippen LogP contribution is 2.20. The van der Waals surface area contributed by atoms with Gasteiger partial charge in [0.25, 0.3) is 0 Å². The highest BCUT2D eigenvalue weighted by Gasteiger charge is 2.28. The summed E-state index contributed by atoms with van der Waals surface area (Å²) in [4.78, 5) is 27.6. The van der Waals surface area contributed by atoms with E-state index in [1.807, 2.05) is 69.3 Å². The summed E-state index contributed by atoms with van der Waals surface area (Å²) >= 11 is 7.55. The number of ether oxygens (including phenoxy) is 1. The van der Waals surface area contributed by atoms with Crippen molar-refractivity contribution in [2.45, 2.75) is 51.6 Å². The topological polar surface area (TPSA) is 58.6 Å². The first-order chi connectivity index (χ1) is 14.6. The van der Waals surface area contributed by atoms with Gasteiger partial charge in [0.1, 0.15) is 11.8 Å². The fourth-order valence-electron chi connectivity index (χ4n) is 2.99. The van der Waals surface area contributed by atoms with Crippen LogP contribution in [0, 0.1) is 0 Å². The number of amides is 2. The second-order valence-corrected chi connectivity index (χ2v) is 9.83. The van der Waals surface area contributed by atoms with E-state index in [9.17, 15) is 9.59 Å². The van der Waals surface area contributed by atoms with Crippen molar-refractivity contribution in [1.82, 2.24) is 10.2 Å². The lowest BCUT2D eigenvalue weighted by Gasteiger charge is -2.31. The van der Waals surface area contributed by atoms with Crippen molar-refractivity contribution in [2.75, 3.05) is 12.9 Å². The van der Waals surface area contributed by atoms with Crippen molar-refractivity contribution in [3.63, 3.8) is 0 Å². The molecular formula is C24H31ClN2O3S. The van der Waals surface area contributed by atoms with Gasteiger partial charge in [0.05, 0.1) is 12.9 Å². The van der Waals surface area contributed by atoms with Crippen molar-refractivity contribution in [2.24, 2.45) is 0 Å². The van der Waals surface area contributed by atoms with E-state index < -0.39 is 6.04 Å². The summed E-state index contributed by atoms with van der Waals surface area (Å²) in [5.41, 5.74) is 1.59. The van der Waals surface area contributed by atoms with Crippen LogP contribution in [0.3, 0.4) is 0 Å². The largest absolute Gasteiger partial charge is 0.497 e. The third kappa shape index (κ3) is 8.46. The van der Waals surface area contributed by atoms with Crippen LogP contribution < -0.4 is 10.1 Å². The van der Waals surface area contributed by atoms with E-state index in [4.69, 9.17) is 16.3 Å². The summed E-state index contributed by atoms with van der Waals surface area (Å²) in [6, 6.07) is 14.5. The molecule has 0 saturated heterocycles. The molecule has 31 heavy (non-hydrogen) atoms. The Kier molecular flexibility index (Phi) is 9.26. The van der Waals surface area contributed by atoms with Crippen molar-refractivity contribution < 1.29 is 14.3 Å². The highest BCUT2D eigenvalue weighted by molar-refractivity contribution is 7.99. The molecule has 2 amide bonds. The Morgan fingerprint density at radius 2 is 1.81 bits per heavy atom. The predicted molar refractivity (Wildman–Crippen MR) is 129 cm³/mol. The van der Waals surface area contributed by atoms with E-state index in [1.54, 1.807) is 18.9 Å². The lowest BCUT2D eigenvalue weighted by Crippen LogP contribution is -2.52. The number of hydrogen-bond donors (Lipinski definition) is 1. The Balaban J connectivity index is 2.12. The Labute approximate surface area is 194 Å². The van der Waals surface area contributed by atoms with Gasteiger partial charge >= 0.3 is 0 Å². The number of carbonyl (C=O) groups is 2. The molecule has 2 aromatic carbocycles. The van der Waals surface area contributed by atoms with Crippen LogP contribution in [-0.4, -0.2) is 41.2 Å². The first-order valence-corrected chi connectivity index (χ1v) is 11.7. The summed E-state index contributed by atoms with van der Waals surface area (Å²) in [7, 11) is 1.61. The maximum Gasteiger partial charge on any atom is 0.242 e. The molecule has 0 bridgehead atoms. The van der Waals surface area contributed by atoms with E-state index in [0.717, 1.165) is 11.1 Å². The van der Waals surface area contributed by atoms with E-state index >= 15 is 0 Å². The van der Waals surface area contributed by atoms with Gasteiger partial charge in [-0.1, -0.05) is 35.9 Å². The number of halogens is 1. The lowest BCUT2D eigenvalue weighted by molar-refractivity contribution is -0.139. The molecule has 0 aliphatic carbocycles. The van der Waals surface area contributed by atoms with E-state index in [0.29, 0.717) is 23.1 Å². The van der Waals surface area contributed by atoms with Crippen LogP contribution in [-0.2, 0) is 21.9 Å². The number of hydrogen-bond acceptors (Lipinski definition) is 4. The molecular weight excluding hydrogens is 432 g/mol. The normalized spacial score (nSPS) is 12.2. The van der Waals surface area contributed by atoms with Gasteiger partial charge < -0.3 is 15.0 Å². The van der Waals surface area contributed by atoms with Crippen LogP contribution in [0.15, 0.2) is 48.5 Å². The standard InChI is InChI=1S/C24H31ClN2O3S/c1-17(23(29)26-24(2,3)4)27(14-18-8-7-11-21(13-18)30-5)22(28)16-31-15-19-9-6-10-20(25)12-19/h6-13,17H,14-16H2,1-5H3,(H,26,29)/t17-/m1/s1. The second kappa shape index (κ2) is 11.4. The van der Waals surface area contributed by atoms with Crippen LogP contribution in [0.25, 0.3) is 0 Å². The van der Waals surface area contributed by atoms with Crippen molar-refractivity contribution in [3.05, 3.63) is 64.7 Å². The van der Waals surface area contributed by atoms with Crippen LogP contribution >= 0.6 is 23.4 Å². The molecule has 1 N–H and O–H groups in total. The zero-order valence-electron chi connectivity index (χ0n) is 18.8. The van der Waals surface area contributed by atoms with E-state index in [1.165, 1.54) is 11.8 Å². The molecule has 7 heteroatoms. The molecule has 0 aliphatic heterocycles. The quantitative estimate of drug-likeness (QED) is 0.575. The summed E-state index contributed by atoms with van der Waals surface area (Å²) in [6.45, 7) is 7.86. The highest BCUT2D eigenvalue weighted by atomic mass is 35.5. The van der Waals surface area contributed by atoms with E-state index in [-0.39, 0.29) is 23.1 Å². The molecule has 0 radical (unpaired) electrons. The van der Waals surface area contributed by atoms with Gasteiger partial charge in [-0.25, -0.2) is 0 Å². The maximum absolute atomic E-state index is 13.1. The first kappa shape index (κ1) is 25.1. The number of rotatable bonds is 9. The van der Waals surface area contributed by atoms with Gasteiger partial charge in [-0.15, -0.1) is 11.8 Å². The molecule has 2 rings (SSSR count). The number of nitrogens with zero attached hydrogens (tertiary/aromatic N) is 1. The molecule has 168 valence electrons. The fraction of sp³-hybridized carbons (Fsp3) is 0.417. The maximum atomic E-state index is 13.1. The average molecular weight is 463 g/mol. The molecule has 0 aromatic heterocycles. The molecule has 0 aliphatic rings. The van der Waals surface area contributed by atoms with Crippen molar-refractivity contribution in [3.8, 4) is 5.75 Å². The summed E-state index contributed by atoms with van der Waals surface area (Å²) in [6.07, 6.45) is 0. The summed E-state index contributed by atoms with van der Waals surface area (Å²) < 4.78 is 5.30. The first-order valence-electron chi connectivity index (χ1n) is 10.2. The van der Waals surface area contributed by atoms with Crippen molar-refractivity contribution >= 4 is 35.2 Å². The molecule has 1 atom stereocenters. The SMILES string of the molecule is COc1cccc(CN(C(=O)CSCc2cccc(Cl)c2)[C@H](C)C(=O)NC(C)(C)C)c1. The van der Waals surface area contributed by atoms with Gasteiger partial charge in [0, 0.05) is 22.9 Å². The minimum atomic E-state index is -0.607. The number of nitrogens with one attached hydrogen (secondary N) is 1. The van der Waals surface area contributed by atoms with Crippen LogP contribution in [0.2, 0.25) is 5.02 Å². The van der Waals surface area contributed by atoms with Gasteiger partial charge in [-0.2, -0.15) is 0 Å². The molecule has 0 spiro atoms. The molecule has 5 nitrogen and oxygen atoms in total. The minimum absolute atomic E-state index is 0.0913. The van der Waals surface area contributed by atoms with Gasteiger partial charge in [0.15, 0.2) is 0 Å². The van der Waals surface area contributed by atoms with Gasteiger partial charge in [-0.05, 0) is 63.1 Å². The van der Waals surface area contributed by atoms with Gasteiger partial charge in [0.2, 0.25) is 11.8 Å². The molecule has 0 saturated carbocycles. The van der Waals surface area contributed by atoms with Crippen LogP contribution in [0.4, 0.5) is 0 Å². The molecule has 0 unspecified atom stereocenters. The van der Waals surface area contributed by atoms with Crippen LogP contribution in [0.5, 0.6) is 5.75 Å². The lowest BCUT2D eigenvalue weighted by atomic mass is 10.1. The van der Waals surface area contributed by atoms with Crippen LogP contribution in [0.1, 0.15) is 38.8 Å². The summed E-state index contributed by atoms with van der Waals surface area (Å²) in [5, 5.41) is 3.65. The zero-order chi connectivity index (χ0) is 23.0. The number of thioether (sulfide) groups is 1. The van der Waals surface area contributed by atoms with Crippen molar-refractivity contribution in [1.29, 1.82) is 0 Å². The number of benzene rings is 2. The third-order valence-electron chi connectivity index (χ3n) is 4.54. The number of carbonyl (C=O) groups excluding carboxylic acids is 2. The summed E-state index contributed by atoms with van der Waals surface area (Å²) in [5.74, 6) is 1.38. The molecule has 0 heterocycles. The smallest absolute Gasteiger partial charge is 0.242 e. The molecule has 0 fully saturated rings. The van der Waals surface area contributed by atoms with E-state index in [2.05, 4.69) is 5.32 Å². The molecule has 2 aromatic rings. The Morgan fingerprint density at radius 1 is 1.13 bits per heavy atom. The Bertz CT molecular complexity index is 898.